The molecule has 6 heteroatoms. The second-order valence-corrected chi connectivity index (χ2v) is 6.91. The number of aryl methyl sites for hydroxylation is 1. The number of hydrogen-bond donors (Lipinski definition) is 1. The van der Waals surface area contributed by atoms with E-state index in [9.17, 15) is 9.59 Å². The van der Waals surface area contributed by atoms with Gasteiger partial charge in [0.1, 0.15) is 0 Å². The van der Waals surface area contributed by atoms with Gasteiger partial charge in [0.05, 0.1) is 21.7 Å². The Hall–Kier alpha value is -2.04. The number of hydrogen-bond acceptors (Lipinski definition) is 2. The molecule has 1 fully saturated rings. The number of anilines is 1. The molecule has 25 heavy (non-hydrogen) atoms. The summed E-state index contributed by atoms with van der Waals surface area (Å²) in [6.07, 6.45) is 0.169. The highest BCUT2D eigenvalue weighted by atomic mass is 35.5. The van der Waals surface area contributed by atoms with Crippen LogP contribution in [0.15, 0.2) is 42.5 Å². The minimum Gasteiger partial charge on any atom is -0.352 e. The van der Waals surface area contributed by atoms with Crippen molar-refractivity contribution in [3.8, 4) is 0 Å². The molecule has 0 radical (unpaired) electrons. The number of nitrogens with one attached hydrogen (secondary N) is 1. The Balaban J connectivity index is 1.67. The van der Waals surface area contributed by atoms with Gasteiger partial charge in [-0.1, -0.05) is 53.5 Å². The molecule has 1 heterocycles. The van der Waals surface area contributed by atoms with Crippen LogP contribution in [0.1, 0.15) is 17.5 Å². The molecule has 4 nitrogen and oxygen atoms in total. The number of carbonyl (C=O) groups is 2. The quantitative estimate of drug-likeness (QED) is 0.877. The van der Waals surface area contributed by atoms with Gasteiger partial charge in [0.25, 0.3) is 0 Å². The minimum atomic E-state index is -0.397. The average Bonchev–Trinajstić information content (AvgIpc) is 2.98. The second kappa shape index (κ2) is 7.46. The molecular weight excluding hydrogens is 359 g/mol. The Bertz CT molecular complexity index is 823. The van der Waals surface area contributed by atoms with Gasteiger partial charge >= 0.3 is 0 Å². The minimum absolute atomic E-state index is 0.125. The van der Waals surface area contributed by atoms with Gasteiger partial charge in [-0.3, -0.25) is 9.59 Å². The number of benzene rings is 2. The molecule has 1 N–H and O–H groups in total. The van der Waals surface area contributed by atoms with E-state index in [2.05, 4.69) is 5.32 Å². The van der Waals surface area contributed by atoms with E-state index in [0.29, 0.717) is 28.8 Å². The van der Waals surface area contributed by atoms with Crippen LogP contribution in [0.2, 0.25) is 10.0 Å². The second-order valence-electron chi connectivity index (χ2n) is 6.12. The molecule has 0 spiro atoms. The third kappa shape index (κ3) is 3.80. The molecule has 0 aliphatic carbocycles. The topological polar surface area (TPSA) is 49.4 Å². The molecule has 2 amide bonds. The van der Waals surface area contributed by atoms with Crippen molar-refractivity contribution in [2.45, 2.75) is 19.9 Å². The zero-order valence-electron chi connectivity index (χ0n) is 13.8. The number of halogens is 2. The largest absolute Gasteiger partial charge is 0.352 e. The van der Waals surface area contributed by atoms with Gasteiger partial charge in [-0.2, -0.15) is 0 Å². The van der Waals surface area contributed by atoms with Gasteiger partial charge in [-0.15, -0.1) is 0 Å². The van der Waals surface area contributed by atoms with Crippen molar-refractivity contribution in [3.63, 3.8) is 0 Å². The summed E-state index contributed by atoms with van der Waals surface area (Å²) in [7, 11) is 0. The molecule has 1 aliphatic heterocycles. The summed E-state index contributed by atoms with van der Waals surface area (Å²) in [4.78, 5) is 26.3. The lowest BCUT2D eigenvalue weighted by molar-refractivity contribution is -0.126. The maximum absolute atomic E-state index is 12.5. The van der Waals surface area contributed by atoms with Crippen molar-refractivity contribution in [2.75, 3.05) is 11.4 Å². The predicted molar refractivity (Wildman–Crippen MR) is 99.9 cm³/mol. The van der Waals surface area contributed by atoms with Crippen LogP contribution in [0.25, 0.3) is 0 Å². The number of rotatable bonds is 4. The first-order chi connectivity index (χ1) is 12.0. The Morgan fingerprint density at radius 1 is 1.20 bits per heavy atom. The Morgan fingerprint density at radius 2 is 1.96 bits per heavy atom. The first kappa shape index (κ1) is 17.8. The molecule has 1 saturated heterocycles. The highest BCUT2D eigenvalue weighted by Gasteiger charge is 2.36. The molecule has 0 unspecified atom stereocenters. The number of carbonyl (C=O) groups excluding carboxylic acids is 2. The molecule has 2 aromatic carbocycles. The molecule has 0 aromatic heterocycles. The van der Waals surface area contributed by atoms with Gasteiger partial charge < -0.3 is 10.2 Å². The molecule has 3 rings (SSSR count). The fourth-order valence-corrected chi connectivity index (χ4v) is 3.35. The lowest BCUT2D eigenvalue weighted by Crippen LogP contribution is -2.32. The van der Waals surface area contributed by atoms with Crippen LogP contribution in [0.4, 0.5) is 5.69 Å². The van der Waals surface area contributed by atoms with Gasteiger partial charge in [0, 0.05) is 19.5 Å². The predicted octanol–water partition coefficient (Wildman–Crippen LogP) is 3.97. The van der Waals surface area contributed by atoms with Crippen LogP contribution in [-0.4, -0.2) is 18.4 Å². The number of nitrogens with zero attached hydrogens (tertiary/aromatic N) is 1. The van der Waals surface area contributed by atoms with Crippen LogP contribution in [0.3, 0.4) is 0 Å². The van der Waals surface area contributed by atoms with Crippen molar-refractivity contribution in [1.29, 1.82) is 0 Å². The standard InChI is InChI=1S/C19H18Cl2N2O2/c1-12-5-2-3-6-13(12)10-22-19(25)14-9-17(24)23(11-14)16-8-4-7-15(20)18(16)21/h2-8,14H,9-11H2,1H3,(H,22,25)/t14-/m1/s1. The van der Waals surface area contributed by atoms with E-state index < -0.39 is 5.92 Å². The van der Waals surface area contributed by atoms with Crippen LogP contribution in [-0.2, 0) is 16.1 Å². The highest BCUT2D eigenvalue weighted by Crippen LogP contribution is 2.35. The van der Waals surface area contributed by atoms with Crippen LogP contribution in [0.5, 0.6) is 0 Å². The van der Waals surface area contributed by atoms with Gasteiger partial charge in [0.15, 0.2) is 0 Å². The van der Waals surface area contributed by atoms with Crippen LogP contribution < -0.4 is 10.2 Å². The summed E-state index contributed by atoms with van der Waals surface area (Å²) in [5, 5.41) is 3.64. The van der Waals surface area contributed by atoms with Crippen molar-refractivity contribution in [2.24, 2.45) is 5.92 Å². The van der Waals surface area contributed by atoms with Gasteiger partial charge in [0.2, 0.25) is 11.8 Å². The zero-order chi connectivity index (χ0) is 18.0. The molecule has 0 bridgehead atoms. The SMILES string of the molecule is Cc1ccccc1CNC(=O)[C@@H]1CC(=O)N(c2cccc(Cl)c2Cl)C1. The molecule has 1 aliphatic rings. The summed E-state index contributed by atoms with van der Waals surface area (Å²) in [6, 6.07) is 13.0. The third-order valence-corrected chi connectivity index (χ3v) is 5.24. The zero-order valence-corrected chi connectivity index (χ0v) is 15.3. The molecule has 0 saturated carbocycles. The molecular formula is C19H18Cl2N2O2. The lowest BCUT2D eigenvalue weighted by Gasteiger charge is -2.18. The molecule has 130 valence electrons. The van der Waals surface area contributed by atoms with Crippen molar-refractivity contribution < 1.29 is 9.59 Å². The smallest absolute Gasteiger partial charge is 0.227 e. The molecule has 2 aromatic rings. The summed E-state index contributed by atoms with van der Waals surface area (Å²) in [6.45, 7) is 2.76. The first-order valence-electron chi connectivity index (χ1n) is 8.04. The Kier molecular flexibility index (Phi) is 5.30. The highest BCUT2D eigenvalue weighted by molar-refractivity contribution is 6.44. The summed E-state index contributed by atoms with van der Waals surface area (Å²) < 4.78 is 0. The monoisotopic (exact) mass is 376 g/mol. The van der Waals surface area contributed by atoms with E-state index in [1.165, 1.54) is 4.90 Å². The van der Waals surface area contributed by atoms with Crippen molar-refractivity contribution in [3.05, 3.63) is 63.6 Å². The maximum Gasteiger partial charge on any atom is 0.227 e. The average molecular weight is 377 g/mol. The maximum atomic E-state index is 12.5. The van der Waals surface area contributed by atoms with E-state index >= 15 is 0 Å². The van der Waals surface area contributed by atoms with E-state index in [1.54, 1.807) is 18.2 Å². The fraction of sp³-hybridized carbons (Fsp3) is 0.263. The van der Waals surface area contributed by atoms with Gasteiger partial charge in [-0.25, -0.2) is 0 Å². The van der Waals surface area contributed by atoms with E-state index in [-0.39, 0.29) is 18.2 Å². The normalized spacial score (nSPS) is 17.0. The summed E-state index contributed by atoms with van der Waals surface area (Å²) >= 11 is 12.2. The fourth-order valence-electron chi connectivity index (χ4n) is 2.95. The van der Waals surface area contributed by atoms with Crippen LogP contribution >= 0.6 is 23.2 Å². The summed E-state index contributed by atoms with van der Waals surface area (Å²) in [5.74, 6) is -0.649. The lowest BCUT2D eigenvalue weighted by atomic mass is 10.1. The van der Waals surface area contributed by atoms with E-state index in [0.717, 1.165) is 11.1 Å². The van der Waals surface area contributed by atoms with Crippen molar-refractivity contribution >= 4 is 40.7 Å². The van der Waals surface area contributed by atoms with E-state index in [4.69, 9.17) is 23.2 Å². The third-order valence-electron chi connectivity index (χ3n) is 4.43. The Morgan fingerprint density at radius 3 is 2.72 bits per heavy atom. The van der Waals surface area contributed by atoms with E-state index in [1.807, 2.05) is 31.2 Å². The van der Waals surface area contributed by atoms with Crippen molar-refractivity contribution in [1.82, 2.24) is 5.32 Å². The van der Waals surface area contributed by atoms with Crippen LogP contribution in [0, 0.1) is 12.8 Å². The first-order valence-corrected chi connectivity index (χ1v) is 8.79. The Labute approximate surface area is 156 Å². The summed E-state index contributed by atoms with van der Waals surface area (Å²) in [5.41, 5.74) is 2.74. The van der Waals surface area contributed by atoms with Gasteiger partial charge in [-0.05, 0) is 30.2 Å². The number of amides is 2. The molecule has 1 atom stereocenters.